The average molecular weight is 308 g/mol. The van der Waals surface area contributed by atoms with Crippen molar-refractivity contribution >= 4 is 17.8 Å². The smallest absolute Gasteiger partial charge is 0.309 e. The van der Waals surface area contributed by atoms with E-state index in [0.717, 1.165) is 0 Å². The highest BCUT2D eigenvalue weighted by Gasteiger charge is 2.75. The van der Waals surface area contributed by atoms with Gasteiger partial charge in [0.05, 0.1) is 10.8 Å². The van der Waals surface area contributed by atoms with E-state index in [0.29, 0.717) is 45.4 Å². The van der Waals surface area contributed by atoms with E-state index in [2.05, 4.69) is 0 Å². The van der Waals surface area contributed by atoms with Crippen molar-refractivity contribution in [3.63, 3.8) is 0 Å². The van der Waals surface area contributed by atoms with E-state index in [1.165, 1.54) is 0 Å². The molecule has 4 aliphatic rings. The Morgan fingerprint density at radius 1 is 0.864 bits per heavy atom. The monoisotopic (exact) mass is 308 g/mol. The molecule has 0 unspecified atom stereocenters. The molecule has 0 spiro atoms. The highest BCUT2D eigenvalue weighted by Crippen LogP contribution is 2.73. The maximum absolute atomic E-state index is 12.6. The van der Waals surface area contributed by atoms with E-state index in [1.54, 1.807) is 0 Å². The second kappa shape index (κ2) is 4.46. The van der Waals surface area contributed by atoms with Crippen LogP contribution >= 0.6 is 0 Å². The Bertz CT molecular complexity index is 521. The predicted molar refractivity (Wildman–Crippen MR) is 79.0 cm³/mol. The van der Waals surface area contributed by atoms with Crippen molar-refractivity contribution < 1.29 is 19.5 Å². The summed E-state index contributed by atoms with van der Waals surface area (Å²) in [7, 11) is 0. The molecule has 0 atom stereocenters. The van der Waals surface area contributed by atoms with Crippen LogP contribution in [-0.4, -0.2) is 58.9 Å². The maximum Gasteiger partial charge on any atom is 0.309 e. The van der Waals surface area contributed by atoms with Crippen molar-refractivity contribution in [2.45, 2.75) is 40.0 Å². The molecule has 1 N–H and O–H groups in total. The largest absolute Gasteiger partial charge is 0.481 e. The zero-order valence-electron chi connectivity index (χ0n) is 13.5. The predicted octanol–water partition coefficient (Wildman–Crippen LogP) is 0.958. The van der Waals surface area contributed by atoms with Crippen LogP contribution in [-0.2, 0) is 14.4 Å². The number of carboxylic acids is 1. The summed E-state index contributed by atoms with van der Waals surface area (Å²) in [6.45, 7) is 7.97. The fourth-order valence-corrected chi connectivity index (χ4v) is 4.16. The number of rotatable bonds is 2. The quantitative estimate of drug-likeness (QED) is 0.824. The Labute approximate surface area is 130 Å². The second-order valence-corrected chi connectivity index (χ2v) is 8.23. The molecule has 4 fully saturated rings. The maximum atomic E-state index is 12.6. The van der Waals surface area contributed by atoms with Crippen LogP contribution in [0.3, 0.4) is 0 Å². The first-order chi connectivity index (χ1) is 10.1. The normalized spacial score (nSPS) is 33.8. The van der Waals surface area contributed by atoms with Gasteiger partial charge in [-0.25, -0.2) is 0 Å². The van der Waals surface area contributed by atoms with Crippen LogP contribution in [0.5, 0.6) is 0 Å². The Kier molecular flexibility index (Phi) is 3.10. The van der Waals surface area contributed by atoms with E-state index in [1.807, 2.05) is 30.6 Å². The van der Waals surface area contributed by atoms with Crippen molar-refractivity contribution in [1.82, 2.24) is 9.80 Å². The molecular formula is C16H24N2O4. The van der Waals surface area contributed by atoms with Crippen LogP contribution < -0.4 is 0 Å². The molecule has 0 aromatic carbocycles. The van der Waals surface area contributed by atoms with Crippen molar-refractivity contribution in [2.24, 2.45) is 16.2 Å². The molecule has 3 saturated carbocycles. The lowest BCUT2D eigenvalue weighted by molar-refractivity contribution is -0.226. The molecule has 22 heavy (non-hydrogen) atoms. The van der Waals surface area contributed by atoms with Crippen LogP contribution in [0.15, 0.2) is 0 Å². The summed E-state index contributed by atoms with van der Waals surface area (Å²) in [5, 5.41) is 9.14. The molecule has 0 radical (unpaired) electrons. The van der Waals surface area contributed by atoms with E-state index < -0.39 is 22.2 Å². The van der Waals surface area contributed by atoms with Crippen molar-refractivity contribution in [3.05, 3.63) is 0 Å². The highest BCUT2D eigenvalue weighted by molar-refractivity contribution is 5.93. The third-order valence-corrected chi connectivity index (χ3v) is 5.43. The summed E-state index contributed by atoms with van der Waals surface area (Å²) in [4.78, 5) is 39.6. The number of piperazine rings is 1. The number of aliphatic carboxylic acids is 1. The van der Waals surface area contributed by atoms with E-state index in [-0.39, 0.29) is 11.8 Å². The number of amides is 2. The van der Waals surface area contributed by atoms with Gasteiger partial charge in [0.2, 0.25) is 11.8 Å². The molecule has 2 bridgehead atoms. The average Bonchev–Trinajstić information content (AvgIpc) is 2.33. The Morgan fingerprint density at radius 2 is 1.32 bits per heavy atom. The minimum Gasteiger partial charge on any atom is -0.481 e. The topological polar surface area (TPSA) is 77.9 Å². The van der Waals surface area contributed by atoms with Gasteiger partial charge in [0.15, 0.2) is 0 Å². The summed E-state index contributed by atoms with van der Waals surface area (Å²) in [6.07, 6.45) is 1.49. The van der Waals surface area contributed by atoms with Gasteiger partial charge >= 0.3 is 5.97 Å². The number of hydrogen-bond donors (Lipinski definition) is 1. The standard InChI is InChI=1S/C16H24N2O4/c1-14(2,3)11(19)17-4-6-18(7-5-17)12(20)15-8-16(9-15,10-15)13(21)22/h4-10H2,1-3H3,(H,21,22). The van der Waals surface area contributed by atoms with Gasteiger partial charge in [0.25, 0.3) is 0 Å². The zero-order valence-corrected chi connectivity index (χ0v) is 13.5. The van der Waals surface area contributed by atoms with Gasteiger partial charge in [-0.2, -0.15) is 0 Å². The molecule has 122 valence electrons. The van der Waals surface area contributed by atoms with Crippen LogP contribution in [0.2, 0.25) is 0 Å². The second-order valence-electron chi connectivity index (χ2n) is 8.23. The van der Waals surface area contributed by atoms with Gasteiger partial charge in [-0.1, -0.05) is 20.8 Å². The molecule has 2 amide bonds. The van der Waals surface area contributed by atoms with Gasteiger partial charge in [-0.3, -0.25) is 14.4 Å². The zero-order chi connectivity index (χ0) is 16.3. The van der Waals surface area contributed by atoms with Crippen LogP contribution in [0.4, 0.5) is 0 Å². The molecule has 1 saturated heterocycles. The van der Waals surface area contributed by atoms with Crippen LogP contribution in [0, 0.1) is 16.2 Å². The molecule has 1 aliphatic heterocycles. The third-order valence-electron chi connectivity index (χ3n) is 5.43. The first-order valence-corrected chi connectivity index (χ1v) is 7.92. The molecular weight excluding hydrogens is 284 g/mol. The minimum absolute atomic E-state index is 0.0958. The molecule has 6 nitrogen and oxygen atoms in total. The number of carbonyl (C=O) groups is 3. The Hall–Kier alpha value is -1.59. The molecule has 4 rings (SSSR count). The summed E-state index contributed by atoms with van der Waals surface area (Å²) in [6, 6.07) is 0. The number of nitrogens with zero attached hydrogens (tertiary/aromatic N) is 2. The van der Waals surface area contributed by atoms with Gasteiger partial charge in [-0.05, 0) is 19.3 Å². The van der Waals surface area contributed by atoms with Gasteiger partial charge in [0.1, 0.15) is 0 Å². The Morgan fingerprint density at radius 3 is 1.73 bits per heavy atom. The lowest BCUT2D eigenvalue weighted by atomic mass is 9.34. The Balaban J connectivity index is 1.54. The highest BCUT2D eigenvalue weighted by atomic mass is 16.4. The van der Waals surface area contributed by atoms with Crippen LogP contribution in [0.25, 0.3) is 0 Å². The van der Waals surface area contributed by atoms with Gasteiger partial charge in [-0.15, -0.1) is 0 Å². The molecule has 3 aliphatic carbocycles. The van der Waals surface area contributed by atoms with E-state index in [4.69, 9.17) is 5.11 Å². The fraction of sp³-hybridized carbons (Fsp3) is 0.812. The molecule has 0 aromatic rings. The molecule has 0 aromatic heterocycles. The first kappa shape index (κ1) is 15.3. The lowest BCUT2D eigenvalue weighted by Crippen LogP contribution is -2.71. The minimum atomic E-state index is -0.761. The summed E-state index contributed by atoms with van der Waals surface area (Å²) in [5.41, 5.74) is -1.41. The van der Waals surface area contributed by atoms with Crippen molar-refractivity contribution in [1.29, 1.82) is 0 Å². The number of carboxylic acid groups (broad SMARTS) is 1. The van der Waals surface area contributed by atoms with E-state index in [9.17, 15) is 14.4 Å². The molecule has 1 heterocycles. The van der Waals surface area contributed by atoms with Crippen LogP contribution in [0.1, 0.15) is 40.0 Å². The summed E-state index contributed by atoms with van der Waals surface area (Å²) < 4.78 is 0. The van der Waals surface area contributed by atoms with E-state index >= 15 is 0 Å². The SMILES string of the molecule is CC(C)(C)C(=O)N1CCN(C(=O)C23CC(C(=O)O)(C2)C3)CC1. The first-order valence-electron chi connectivity index (χ1n) is 7.92. The van der Waals surface area contributed by atoms with Crippen molar-refractivity contribution in [3.8, 4) is 0 Å². The molecule has 6 heteroatoms. The number of hydrogen-bond acceptors (Lipinski definition) is 3. The van der Waals surface area contributed by atoms with Gasteiger partial charge < -0.3 is 14.9 Å². The van der Waals surface area contributed by atoms with Gasteiger partial charge in [0, 0.05) is 31.6 Å². The summed E-state index contributed by atoms with van der Waals surface area (Å²) in [5.74, 6) is -0.545. The third kappa shape index (κ3) is 2.03. The van der Waals surface area contributed by atoms with Crippen molar-refractivity contribution in [2.75, 3.05) is 26.2 Å². The summed E-state index contributed by atoms with van der Waals surface area (Å²) >= 11 is 0. The fourth-order valence-electron chi connectivity index (χ4n) is 4.16. The number of carbonyl (C=O) groups excluding carboxylic acids is 2. The lowest BCUT2D eigenvalue weighted by Gasteiger charge is -2.67.